The molecule has 0 atom stereocenters. The van der Waals surface area contributed by atoms with E-state index in [-0.39, 0.29) is 0 Å². The fourth-order valence-electron chi connectivity index (χ4n) is 9.16. The Kier molecular flexibility index (Phi) is 8.66. The Morgan fingerprint density at radius 1 is 0.400 bits per heavy atom. The number of rotatable bonds is 7. The number of pyridine rings is 1. The minimum atomic E-state index is -0.449. The molecule has 0 radical (unpaired) electrons. The van der Waals surface area contributed by atoms with E-state index in [0.717, 1.165) is 84.8 Å². The zero-order chi connectivity index (χ0) is 41.5. The van der Waals surface area contributed by atoms with Crippen molar-refractivity contribution in [3.63, 3.8) is 0 Å². The van der Waals surface area contributed by atoms with Gasteiger partial charge in [-0.15, -0.1) is 0 Å². The van der Waals surface area contributed by atoms with Gasteiger partial charge in [0.25, 0.3) is 0 Å². The van der Waals surface area contributed by atoms with Crippen LogP contribution in [0.2, 0.25) is 0 Å². The third-order valence-electron chi connectivity index (χ3n) is 12.7. The highest BCUT2D eigenvalue weighted by Crippen LogP contribution is 2.56. The summed E-state index contributed by atoms with van der Waals surface area (Å²) < 4.78 is 0. The van der Waals surface area contributed by atoms with Gasteiger partial charge in [0.05, 0.1) is 34.7 Å². The Morgan fingerprint density at radius 2 is 0.817 bits per heavy atom. The van der Waals surface area contributed by atoms with Crippen molar-refractivity contribution in [2.24, 2.45) is 0 Å². The molecule has 5 nitrogen and oxygen atoms in total. The second-order valence-electron chi connectivity index (χ2n) is 17.8. The molecule has 0 unspecified atom stereocenters. The summed E-state index contributed by atoms with van der Waals surface area (Å²) in [5.74, 6) is 0. The van der Waals surface area contributed by atoms with Crippen molar-refractivity contribution in [3.05, 3.63) is 197 Å². The van der Waals surface area contributed by atoms with Gasteiger partial charge in [-0.05, 0) is 131 Å². The van der Waals surface area contributed by atoms with Gasteiger partial charge in [-0.1, -0.05) is 115 Å². The van der Waals surface area contributed by atoms with E-state index in [1.54, 1.807) is 0 Å². The molecule has 0 saturated carbocycles. The quantitative estimate of drug-likeness (QED) is 0.161. The maximum Gasteiger partial charge on any atom is 0.112 e. The Balaban J connectivity index is 1.15. The van der Waals surface area contributed by atoms with Crippen molar-refractivity contribution in [1.82, 2.24) is 15.0 Å². The Labute approximate surface area is 354 Å². The Morgan fingerprint density at radius 3 is 1.32 bits per heavy atom. The molecule has 0 amide bonds. The van der Waals surface area contributed by atoms with Crippen LogP contribution in [0, 0.1) is 27.7 Å². The first-order valence-electron chi connectivity index (χ1n) is 20.9. The predicted octanol–water partition coefficient (Wildman–Crippen LogP) is 14.3. The number of anilines is 6. The minimum absolute atomic E-state index is 0.445. The summed E-state index contributed by atoms with van der Waals surface area (Å²) in [5.41, 5.74) is 21.0. The van der Waals surface area contributed by atoms with E-state index >= 15 is 0 Å². The molecule has 0 fully saturated rings. The number of fused-ring (bicyclic) bond motifs is 6. The first kappa shape index (κ1) is 37.4. The molecule has 2 aromatic heterocycles. The lowest BCUT2D eigenvalue weighted by atomic mass is 9.83. The summed E-state index contributed by atoms with van der Waals surface area (Å²) in [4.78, 5) is 21.3. The molecule has 6 aromatic carbocycles. The zero-order valence-corrected chi connectivity index (χ0v) is 35.7. The van der Waals surface area contributed by atoms with E-state index < -0.39 is 10.8 Å². The summed E-state index contributed by atoms with van der Waals surface area (Å²) in [5, 5.41) is 0. The molecule has 294 valence electrons. The van der Waals surface area contributed by atoms with Crippen LogP contribution in [-0.4, -0.2) is 15.0 Å². The molecule has 2 aliphatic rings. The lowest BCUT2D eigenvalue weighted by Gasteiger charge is -2.29. The second-order valence-corrected chi connectivity index (χ2v) is 17.8. The molecular formula is C55H49N5. The molecule has 2 heterocycles. The molecule has 5 heteroatoms. The number of benzene rings is 6. The monoisotopic (exact) mass is 779 g/mol. The summed E-state index contributed by atoms with van der Waals surface area (Å²) in [6, 6.07) is 52.9. The van der Waals surface area contributed by atoms with E-state index in [1.807, 2.05) is 6.20 Å². The fourth-order valence-corrected chi connectivity index (χ4v) is 9.16. The summed E-state index contributed by atoms with van der Waals surface area (Å²) >= 11 is 0. The minimum Gasteiger partial charge on any atom is -0.310 e. The SMILES string of the molecule is Cc1ccc(N(c2ccc(C)cc2)c2cnc3c(c2)C(C)(C)c2nc4c(nc2-3)C(C)(C)c2cc(N(c3ccc(C)cc3)c3ccc(C)cc3)cc(-c3ccccc3)c2-4)cc1. The lowest BCUT2D eigenvalue weighted by molar-refractivity contribution is 0.617. The van der Waals surface area contributed by atoms with Gasteiger partial charge in [0.15, 0.2) is 0 Å². The van der Waals surface area contributed by atoms with Crippen molar-refractivity contribution in [2.45, 2.75) is 66.2 Å². The van der Waals surface area contributed by atoms with Crippen LogP contribution in [-0.2, 0) is 10.8 Å². The van der Waals surface area contributed by atoms with Crippen LogP contribution in [0.4, 0.5) is 34.1 Å². The van der Waals surface area contributed by atoms with Gasteiger partial charge in [0, 0.05) is 44.8 Å². The summed E-state index contributed by atoms with van der Waals surface area (Å²) in [7, 11) is 0. The highest BCUT2D eigenvalue weighted by atomic mass is 15.2. The number of nitrogens with zero attached hydrogens (tertiary/aromatic N) is 5. The number of hydrogen-bond acceptors (Lipinski definition) is 5. The Hall–Kier alpha value is -6.85. The largest absolute Gasteiger partial charge is 0.310 e. The van der Waals surface area contributed by atoms with E-state index in [0.29, 0.717) is 0 Å². The van der Waals surface area contributed by atoms with Crippen molar-refractivity contribution < 1.29 is 0 Å². The smallest absolute Gasteiger partial charge is 0.112 e. The van der Waals surface area contributed by atoms with Crippen LogP contribution in [0.3, 0.4) is 0 Å². The van der Waals surface area contributed by atoms with Crippen LogP contribution >= 0.6 is 0 Å². The average molecular weight is 780 g/mol. The standard InChI is InChI=1S/C55H49N5/c1-34-14-22-39(23-15-34)59(40-24-16-35(2)17-25-40)43-30-45(38-12-10-9-11-13-38)48-46(31-43)54(5,6)52-50(48)57-53-51(58-52)49-47(55(53,7)8)32-44(33-56-49)60(41-26-18-36(3)19-27-41)42-28-20-37(4)21-29-42/h9-33H,1-8H3. The highest BCUT2D eigenvalue weighted by Gasteiger charge is 2.46. The molecule has 0 bridgehead atoms. The summed E-state index contributed by atoms with van der Waals surface area (Å²) in [6.07, 6.45) is 2.00. The van der Waals surface area contributed by atoms with E-state index in [4.69, 9.17) is 15.0 Å². The molecule has 0 saturated heterocycles. The average Bonchev–Trinajstić information content (AvgIpc) is 3.61. The van der Waals surface area contributed by atoms with E-state index in [9.17, 15) is 0 Å². The van der Waals surface area contributed by atoms with E-state index in [1.165, 1.54) is 27.8 Å². The first-order valence-corrected chi connectivity index (χ1v) is 20.9. The zero-order valence-electron chi connectivity index (χ0n) is 35.7. The van der Waals surface area contributed by atoms with Gasteiger partial charge >= 0.3 is 0 Å². The van der Waals surface area contributed by atoms with Crippen LogP contribution in [0.1, 0.15) is 72.5 Å². The Bertz CT molecular complexity index is 2840. The van der Waals surface area contributed by atoms with Gasteiger partial charge in [-0.3, -0.25) is 4.98 Å². The van der Waals surface area contributed by atoms with Crippen molar-refractivity contribution in [3.8, 4) is 33.8 Å². The van der Waals surface area contributed by atoms with Gasteiger partial charge in [-0.2, -0.15) is 0 Å². The van der Waals surface area contributed by atoms with Crippen molar-refractivity contribution in [1.29, 1.82) is 0 Å². The second kappa shape index (κ2) is 13.9. The van der Waals surface area contributed by atoms with Crippen LogP contribution < -0.4 is 9.80 Å². The maximum atomic E-state index is 5.72. The number of aryl methyl sites for hydroxylation is 4. The number of hydrogen-bond donors (Lipinski definition) is 0. The third-order valence-corrected chi connectivity index (χ3v) is 12.7. The molecule has 2 aliphatic carbocycles. The molecule has 0 N–H and O–H groups in total. The van der Waals surface area contributed by atoms with Gasteiger partial charge in [-0.25, -0.2) is 9.97 Å². The molecule has 10 rings (SSSR count). The topological polar surface area (TPSA) is 45.2 Å². The maximum absolute atomic E-state index is 5.72. The molecular weight excluding hydrogens is 731 g/mol. The molecule has 0 spiro atoms. The van der Waals surface area contributed by atoms with Crippen molar-refractivity contribution in [2.75, 3.05) is 9.80 Å². The molecule has 8 aromatic rings. The lowest BCUT2D eigenvalue weighted by Crippen LogP contribution is -2.20. The van der Waals surface area contributed by atoms with Crippen LogP contribution in [0.15, 0.2) is 152 Å². The van der Waals surface area contributed by atoms with Crippen molar-refractivity contribution >= 4 is 34.1 Å². The van der Waals surface area contributed by atoms with Gasteiger partial charge in [0.1, 0.15) is 5.69 Å². The predicted molar refractivity (Wildman–Crippen MR) is 249 cm³/mol. The fraction of sp³-hybridized carbons (Fsp3) is 0.182. The third kappa shape index (κ3) is 6.02. The normalized spacial score (nSPS) is 13.9. The van der Waals surface area contributed by atoms with Gasteiger partial charge < -0.3 is 9.80 Å². The summed E-state index contributed by atoms with van der Waals surface area (Å²) in [6.45, 7) is 17.7. The molecule has 0 aliphatic heterocycles. The first-order chi connectivity index (χ1) is 28.9. The van der Waals surface area contributed by atoms with Crippen LogP contribution in [0.5, 0.6) is 0 Å². The number of aromatic nitrogens is 3. The van der Waals surface area contributed by atoms with Crippen LogP contribution in [0.25, 0.3) is 33.8 Å². The molecule has 60 heavy (non-hydrogen) atoms. The highest BCUT2D eigenvalue weighted by molar-refractivity contribution is 5.95. The van der Waals surface area contributed by atoms with E-state index in [2.05, 4.69) is 211 Å². The van der Waals surface area contributed by atoms with Gasteiger partial charge in [0.2, 0.25) is 0 Å².